The van der Waals surface area contributed by atoms with Crippen LogP contribution in [-0.2, 0) is 13.1 Å². The highest BCUT2D eigenvalue weighted by atomic mass is 32.1. The summed E-state index contributed by atoms with van der Waals surface area (Å²) >= 11 is 3.45. The summed E-state index contributed by atoms with van der Waals surface area (Å²) in [6, 6.07) is 0. The lowest BCUT2D eigenvalue weighted by Gasteiger charge is -2.10. The molecule has 0 amide bonds. The van der Waals surface area contributed by atoms with Crippen LogP contribution in [-0.4, -0.2) is 23.0 Å². The van der Waals surface area contributed by atoms with Crippen LogP contribution in [0.3, 0.4) is 0 Å². The van der Waals surface area contributed by atoms with Crippen molar-refractivity contribution < 1.29 is 0 Å². The van der Waals surface area contributed by atoms with Crippen molar-refractivity contribution in [2.45, 2.75) is 40.8 Å². The number of aromatic nitrogens is 2. The van der Waals surface area contributed by atoms with Crippen molar-refractivity contribution in [1.82, 2.24) is 20.6 Å². The van der Waals surface area contributed by atoms with Gasteiger partial charge in [0.15, 0.2) is 5.96 Å². The Morgan fingerprint density at radius 3 is 1.62 bits per heavy atom. The molecule has 7 heteroatoms. The Kier molecular flexibility index (Phi) is 5.30. The van der Waals surface area contributed by atoms with E-state index in [0.717, 1.165) is 40.5 Å². The molecular weight excluding hydrogens is 302 g/mol. The second kappa shape index (κ2) is 7.00. The average Bonchev–Trinajstić information content (AvgIpc) is 2.91. The summed E-state index contributed by atoms with van der Waals surface area (Å²) in [6.07, 6.45) is 0. The van der Waals surface area contributed by atoms with Gasteiger partial charge in [-0.3, -0.25) is 4.99 Å². The van der Waals surface area contributed by atoms with Gasteiger partial charge in [-0.1, -0.05) is 0 Å². The van der Waals surface area contributed by atoms with E-state index in [1.165, 1.54) is 9.75 Å². The molecule has 21 heavy (non-hydrogen) atoms. The Morgan fingerprint density at radius 2 is 1.33 bits per heavy atom. The highest BCUT2D eigenvalue weighted by Crippen LogP contribution is 2.17. The third-order valence-electron chi connectivity index (χ3n) is 3.06. The van der Waals surface area contributed by atoms with Crippen LogP contribution in [0.2, 0.25) is 0 Å². The van der Waals surface area contributed by atoms with Crippen LogP contribution in [0.4, 0.5) is 0 Å². The van der Waals surface area contributed by atoms with Crippen molar-refractivity contribution in [1.29, 1.82) is 0 Å². The zero-order chi connectivity index (χ0) is 15.4. The van der Waals surface area contributed by atoms with Gasteiger partial charge in [0.2, 0.25) is 0 Å². The van der Waals surface area contributed by atoms with E-state index < -0.39 is 0 Å². The highest BCUT2D eigenvalue weighted by molar-refractivity contribution is 7.11. The summed E-state index contributed by atoms with van der Waals surface area (Å²) in [5.41, 5.74) is 2.18. The third-order valence-corrected chi connectivity index (χ3v) is 5.20. The Balaban J connectivity index is 1.89. The van der Waals surface area contributed by atoms with E-state index in [9.17, 15) is 0 Å². The van der Waals surface area contributed by atoms with E-state index in [1.54, 1.807) is 29.7 Å². The number of hydrogen-bond acceptors (Lipinski definition) is 5. The average molecular weight is 323 g/mol. The molecule has 0 saturated heterocycles. The summed E-state index contributed by atoms with van der Waals surface area (Å²) < 4.78 is 0. The van der Waals surface area contributed by atoms with E-state index in [0.29, 0.717) is 0 Å². The Labute approximate surface area is 133 Å². The maximum absolute atomic E-state index is 4.43. The van der Waals surface area contributed by atoms with Gasteiger partial charge >= 0.3 is 0 Å². The first-order chi connectivity index (χ1) is 9.99. The van der Waals surface area contributed by atoms with Gasteiger partial charge in [-0.2, -0.15) is 0 Å². The molecule has 0 spiro atoms. The molecule has 0 aliphatic heterocycles. The zero-order valence-electron chi connectivity index (χ0n) is 13.1. The van der Waals surface area contributed by atoms with Crippen LogP contribution >= 0.6 is 22.7 Å². The maximum atomic E-state index is 4.43. The van der Waals surface area contributed by atoms with Crippen LogP contribution in [0.25, 0.3) is 0 Å². The second-order valence-electron chi connectivity index (χ2n) is 4.76. The fourth-order valence-electron chi connectivity index (χ4n) is 2.02. The molecule has 0 bridgehead atoms. The van der Waals surface area contributed by atoms with Crippen molar-refractivity contribution in [3.8, 4) is 0 Å². The van der Waals surface area contributed by atoms with Gasteiger partial charge in [-0.05, 0) is 27.7 Å². The third kappa shape index (κ3) is 4.25. The minimum Gasteiger partial charge on any atom is -0.351 e. The molecule has 5 nitrogen and oxygen atoms in total. The van der Waals surface area contributed by atoms with Crippen molar-refractivity contribution >= 4 is 28.6 Å². The Hall–Kier alpha value is -1.47. The summed E-state index contributed by atoms with van der Waals surface area (Å²) in [5, 5.41) is 8.86. The predicted octanol–water partition coefficient (Wildman–Crippen LogP) is 2.70. The summed E-state index contributed by atoms with van der Waals surface area (Å²) in [6.45, 7) is 9.64. The molecule has 0 unspecified atom stereocenters. The quantitative estimate of drug-likeness (QED) is 0.671. The lowest BCUT2D eigenvalue weighted by Crippen LogP contribution is -2.36. The molecular formula is C14H21N5S2. The normalized spacial score (nSPS) is 10.5. The fraction of sp³-hybridized carbons (Fsp3) is 0.500. The molecule has 0 aliphatic carbocycles. The van der Waals surface area contributed by atoms with Gasteiger partial charge in [-0.25, -0.2) is 9.97 Å². The van der Waals surface area contributed by atoms with Crippen LogP contribution < -0.4 is 10.6 Å². The number of rotatable bonds is 4. The molecule has 0 radical (unpaired) electrons. The van der Waals surface area contributed by atoms with Crippen LogP contribution in [0, 0.1) is 27.7 Å². The molecule has 0 atom stereocenters. The van der Waals surface area contributed by atoms with Gasteiger partial charge in [0.1, 0.15) is 0 Å². The predicted molar refractivity (Wildman–Crippen MR) is 90.2 cm³/mol. The van der Waals surface area contributed by atoms with E-state index in [-0.39, 0.29) is 0 Å². The number of hydrogen-bond donors (Lipinski definition) is 2. The van der Waals surface area contributed by atoms with Gasteiger partial charge in [-0.15, -0.1) is 22.7 Å². The standard InChI is InChI=1S/C14H21N5S2/c1-8-12(20-10(3)18-8)6-16-14(15-5)17-7-13-9(2)19-11(4)21-13/h6-7H2,1-5H3,(H2,15,16,17). The minimum absolute atomic E-state index is 0.748. The zero-order valence-corrected chi connectivity index (χ0v) is 14.7. The number of aliphatic imine (C=N–C) groups is 1. The smallest absolute Gasteiger partial charge is 0.191 e. The molecule has 0 aliphatic rings. The largest absolute Gasteiger partial charge is 0.351 e. The van der Waals surface area contributed by atoms with Crippen LogP contribution in [0.1, 0.15) is 31.2 Å². The van der Waals surface area contributed by atoms with Crippen LogP contribution in [0.5, 0.6) is 0 Å². The summed E-state index contributed by atoms with van der Waals surface area (Å²) in [4.78, 5) is 15.6. The fourth-order valence-corrected chi connectivity index (χ4v) is 3.78. The SMILES string of the molecule is CN=C(NCc1sc(C)nc1C)NCc1sc(C)nc1C. The number of nitrogens with zero attached hydrogens (tertiary/aromatic N) is 3. The molecule has 0 saturated carbocycles. The van der Waals surface area contributed by atoms with Gasteiger partial charge < -0.3 is 10.6 Å². The summed E-state index contributed by atoms with van der Waals surface area (Å²) in [5.74, 6) is 0.797. The van der Waals surface area contributed by atoms with Gasteiger partial charge in [0.05, 0.1) is 34.5 Å². The molecule has 114 valence electrons. The number of aryl methyl sites for hydroxylation is 4. The monoisotopic (exact) mass is 323 g/mol. The first-order valence-electron chi connectivity index (χ1n) is 6.80. The Bertz CT molecular complexity index is 590. The van der Waals surface area contributed by atoms with E-state index in [2.05, 4.69) is 25.6 Å². The van der Waals surface area contributed by atoms with Crippen LogP contribution in [0.15, 0.2) is 4.99 Å². The van der Waals surface area contributed by atoms with Crippen molar-refractivity contribution in [3.63, 3.8) is 0 Å². The van der Waals surface area contributed by atoms with E-state index in [4.69, 9.17) is 0 Å². The Morgan fingerprint density at radius 1 is 0.905 bits per heavy atom. The molecule has 0 fully saturated rings. The number of guanidine groups is 1. The van der Waals surface area contributed by atoms with E-state index >= 15 is 0 Å². The van der Waals surface area contributed by atoms with Gasteiger partial charge in [0, 0.05) is 16.8 Å². The molecule has 2 aromatic heterocycles. The van der Waals surface area contributed by atoms with Crippen molar-refractivity contribution in [2.75, 3.05) is 7.05 Å². The minimum atomic E-state index is 0.748. The second-order valence-corrected chi connectivity index (χ2v) is 7.34. The summed E-state index contributed by atoms with van der Waals surface area (Å²) in [7, 11) is 1.78. The first-order valence-corrected chi connectivity index (χ1v) is 8.43. The molecule has 2 aromatic rings. The topological polar surface area (TPSA) is 62.2 Å². The lowest BCUT2D eigenvalue weighted by atomic mass is 10.4. The van der Waals surface area contributed by atoms with Crippen molar-refractivity contribution in [3.05, 3.63) is 31.2 Å². The lowest BCUT2D eigenvalue weighted by molar-refractivity contribution is 0.814. The highest BCUT2D eigenvalue weighted by Gasteiger charge is 2.08. The van der Waals surface area contributed by atoms with Gasteiger partial charge in [0.25, 0.3) is 0 Å². The molecule has 0 aromatic carbocycles. The molecule has 2 rings (SSSR count). The molecule has 2 heterocycles. The first kappa shape index (κ1) is 15.9. The van der Waals surface area contributed by atoms with E-state index in [1.807, 2.05) is 27.7 Å². The number of thiazole rings is 2. The van der Waals surface area contributed by atoms with Crippen molar-refractivity contribution in [2.24, 2.45) is 4.99 Å². The number of nitrogens with one attached hydrogen (secondary N) is 2. The maximum Gasteiger partial charge on any atom is 0.191 e. The molecule has 2 N–H and O–H groups in total.